The third kappa shape index (κ3) is 2.54. The molecule has 2 aliphatic rings. The zero-order chi connectivity index (χ0) is 11.5. The van der Waals surface area contributed by atoms with Crippen molar-refractivity contribution in [2.45, 2.75) is 24.9 Å². The maximum absolute atomic E-state index is 5.59. The van der Waals surface area contributed by atoms with Gasteiger partial charge in [0.2, 0.25) is 0 Å². The van der Waals surface area contributed by atoms with E-state index in [1.165, 1.54) is 25.9 Å². The fourth-order valence-corrected chi connectivity index (χ4v) is 2.66. The van der Waals surface area contributed by atoms with E-state index in [-0.39, 0.29) is 0 Å². The quantitative estimate of drug-likeness (QED) is 0.798. The first-order valence-corrected chi connectivity index (χ1v) is 6.65. The smallest absolute Gasteiger partial charge is 0.122 e. The van der Waals surface area contributed by atoms with Crippen molar-refractivity contribution in [2.75, 3.05) is 32.7 Å². The minimum Gasteiger partial charge on any atom is -0.468 e. The first-order chi connectivity index (χ1) is 8.43. The molecule has 1 aromatic rings. The fourth-order valence-electron chi connectivity index (χ4n) is 2.66. The lowest BCUT2D eigenvalue weighted by molar-refractivity contribution is 0.198. The second-order valence-corrected chi connectivity index (χ2v) is 5.04. The molecule has 0 bridgehead atoms. The maximum atomic E-state index is 5.59. The summed E-state index contributed by atoms with van der Waals surface area (Å²) >= 11 is 0. The molecule has 3 rings (SSSR count). The number of likely N-dealkylation sites (tertiary alicyclic amines) is 1. The molecule has 0 spiro atoms. The summed E-state index contributed by atoms with van der Waals surface area (Å²) in [5.41, 5.74) is 0. The van der Waals surface area contributed by atoms with Crippen LogP contribution in [0.15, 0.2) is 22.8 Å². The van der Waals surface area contributed by atoms with Gasteiger partial charge in [-0.25, -0.2) is 0 Å². The lowest BCUT2D eigenvalue weighted by Gasteiger charge is -2.32. The number of furan rings is 1. The standard InChI is InChI=1S/C13H21N3O/c1-2-6-16(5-1)12(13-4-3-7-17-13)10-15-11-8-14-9-11/h3-4,7,11-12,14-15H,1-2,5-6,8-10H2. The van der Waals surface area contributed by atoms with Gasteiger partial charge in [0.1, 0.15) is 5.76 Å². The highest BCUT2D eigenvalue weighted by Crippen LogP contribution is 2.25. The molecule has 1 unspecified atom stereocenters. The molecule has 2 fully saturated rings. The summed E-state index contributed by atoms with van der Waals surface area (Å²) in [6.07, 6.45) is 4.42. The Balaban J connectivity index is 1.62. The van der Waals surface area contributed by atoms with Crippen LogP contribution in [0, 0.1) is 0 Å². The van der Waals surface area contributed by atoms with Crippen LogP contribution in [0.25, 0.3) is 0 Å². The van der Waals surface area contributed by atoms with Crippen molar-refractivity contribution in [3.63, 3.8) is 0 Å². The summed E-state index contributed by atoms with van der Waals surface area (Å²) < 4.78 is 5.59. The summed E-state index contributed by atoms with van der Waals surface area (Å²) in [7, 11) is 0. The number of rotatable bonds is 5. The van der Waals surface area contributed by atoms with Crippen molar-refractivity contribution in [3.05, 3.63) is 24.2 Å². The van der Waals surface area contributed by atoms with E-state index < -0.39 is 0 Å². The summed E-state index contributed by atoms with van der Waals surface area (Å²) in [5, 5.41) is 6.91. The Bertz CT molecular complexity index is 328. The van der Waals surface area contributed by atoms with Crippen LogP contribution in [-0.2, 0) is 0 Å². The molecule has 3 heterocycles. The van der Waals surface area contributed by atoms with Crippen LogP contribution >= 0.6 is 0 Å². The van der Waals surface area contributed by atoms with Gasteiger partial charge in [0.15, 0.2) is 0 Å². The maximum Gasteiger partial charge on any atom is 0.122 e. The predicted molar refractivity (Wildman–Crippen MR) is 66.9 cm³/mol. The van der Waals surface area contributed by atoms with Gasteiger partial charge in [-0.1, -0.05) is 0 Å². The largest absolute Gasteiger partial charge is 0.468 e. The van der Waals surface area contributed by atoms with Crippen LogP contribution in [0.4, 0.5) is 0 Å². The number of hydrogen-bond acceptors (Lipinski definition) is 4. The molecule has 4 heteroatoms. The monoisotopic (exact) mass is 235 g/mol. The molecule has 0 aromatic carbocycles. The molecule has 0 amide bonds. The van der Waals surface area contributed by atoms with E-state index in [0.717, 1.165) is 25.4 Å². The second-order valence-electron chi connectivity index (χ2n) is 5.04. The van der Waals surface area contributed by atoms with E-state index >= 15 is 0 Å². The van der Waals surface area contributed by atoms with E-state index in [0.29, 0.717) is 12.1 Å². The topological polar surface area (TPSA) is 40.4 Å². The van der Waals surface area contributed by atoms with Crippen molar-refractivity contribution in [3.8, 4) is 0 Å². The molecule has 0 saturated carbocycles. The predicted octanol–water partition coefficient (Wildman–Crippen LogP) is 0.978. The zero-order valence-electron chi connectivity index (χ0n) is 10.2. The first-order valence-electron chi connectivity index (χ1n) is 6.65. The van der Waals surface area contributed by atoms with E-state index in [1.807, 2.05) is 6.07 Å². The highest BCUT2D eigenvalue weighted by molar-refractivity contribution is 5.06. The van der Waals surface area contributed by atoms with Crippen LogP contribution in [-0.4, -0.2) is 43.7 Å². The second kappa shape index (κ2) is 5.21. The van der Waals surface area contributed by atoms with Gasteiger partial charge in [-0.15, -0.1) is 0 Å². The summed E-state index contributed by atoms with van der Waals surface area (Å²) in [4.78, 5) is 2.54. The lowest BCUT2D eigenvalue weighted by Crippen LogP contribution is -2.56. The van der Waals surface area contributed by atoms with Gasteiger partial charge in [-0.2, -0.15) is 0 Å². The Morgan fingerprint density at radius 3 is 2.82 bits per heavy atom. The SMILES string of the molecule is c1coc(C(CNC2CNC2)N2CCCC2)c1. The van der Waals surface area contributed by atoms with Crippen LogP contribution in [0.5, 0.6) is 0 Å². The van der Waals surface area contributed by atoms with E-state index in [9.17, 15) is 0 Å². The summed E-state index contributed by atoms with van der Waals surface area (Å²) in [5.74, 6) is 1.10. The highest BCUT2D eigenvalue weighted by Gasteiger charge is 2.27. The van der Waals surface area contributed by atoms with Crippen LogP contribution in [0.1, 0.15) is 24.6 Å². The Morgan fingerprint density at radius 1 is 1.41 bits per heavy atom. The Hall–Kier alpha value is -0.840. The lowest BCUT2D eigenvalue weighted by atomic mass is 10.1. The zero-order valence-corrected chi connectivity index (χ0v) is 10.2. The number of nitrogens with zero attached hydrogens (tertiary/aromatic N) is 1. The number of nitrogens with one attached hydrogen (secondary N) is 2. The van der Waals surface area contributed by atoms with Gasteiger partial charge in [-0.05, 0) is 38.1 Å². The first kappa shape index (κ1) is 11.3. The van der Waals surface area contributed by atoms with Crippen molar-refractivity contribution in [1.29, 1.82) is 0 Å². The molecule has 0 radical (unpaired) electrons. The molecule has 4 nitrogen and oxygen atoms in total. The molecule has 1 atom stereocenters. The molecule has 1 aromatic heterocycles. The molecule has 2 N–H and O–H groups in total. The third-order valence-electron chi connectivity index (χ3n) is 3.83. The molecule has 2 saturated heterocycles. The van der Waals surface area contributed by atoms with E-state index in [4.69, 9.17) is 4.42 Å². The Morgan fingerprint density at radius 2 is 2.24 bits per heavy atom. The Kier molecular flexibility index (Phi) is 3.45. The average Bonchev–Trinajstić information content (AvgIpc) is 2.94. The molecular formula is C13H21N3O. The van der Waals surface area contributed by atoms with Gasteiger partial charge < -0.3 is 15.1 Å². The highest BCUT2D eigenvalue weighted by atomic mass is 16.3. The van der Waals surface area contributed by atoms with Gasteiger partial charge in [0.05, 0.1) is 12.3 Å². The van der Waals surface area contributed by atoms with Gasteiger partial charge in [0, 0.05) is 25.7 Å². The van der Waals surface area contributed by atoms with E-state index in [1.54, 1.807) is 6.26 Å². The fraction of sp³-hybridized carbons (Fsp3) is 0.692. The van der Waals surface area contributed by atoms with Gasteiger partial charge in [-0.3, -0.25) is 4.90 Å². The number of hydrogen-bond donors (Lipinski definition) is 2. The van der Waals surface area contributed by atoms with Crippen LogP contribution < -0.4 is 10.6 Å². The van der Waals surface area contributed by atoms with E-state index in [2.05, 4.69) is 21.6 Å². The molecular weight excluding hydrogens is 214 g/mol. The molecule has 94 valence electrons. The van der Waals surface area contributed by atoms with Crippen molar-refractivity contribution < 1.29 is 4.42 Å². The average molecular weight is 235 g/mol. The molecule has 17 heavy (non-hydrogen) atoms. The minimum atomic E-state index is 0.410. The Labute approximate surface area is 102 Å². The van der Waals surface area contributed by atoms with Crippen molar-refractivity contribution >= 4 is 0 Å². The van der Waals surface area contributed by atoms with Gasteiger partial charge >= 0.3 is 0 Å². The third-order valence-corrected chi connectivity index (χ3v) is 3.83. The minimum absolute atomic E-state index is 0.410. The van der Waals surface area contributed by atoms with Crippen LogP contribution in [0.2, 0.25) is 0 Å². The molecule has 0 aliphatic carbocycles. The normalized spacial score (nSPS) is 23.8. The molecule has 2 aliphatic heterocycles. The van der Waals surface area contributed by atoms with Crippen molar-refractivity contribution in [1.82, 2.24) is 15.5 Å². The summed E-state index contributed by atoms with van der Waals surface area (Å²) in [6, 6.07) is 5.15. The van der Waals surface area contributed by atoms with Crippen molar-refractivity contribution in [2.24, 2.45) is 0 Å². The summed E-state index contributed by atoms with van der Waals surface area (Å²) in [6.45, 7) is 5.61. The van der Waals surface area contributed by atoms with Gasteiger partial charge in [0.25, 0.3) is 0 Å². The van der Waals surface area contributed by atoms with Crippen LogP contribution in [0.3, 0.4) is 0 Å².